The van der Waals surface area contributed by atoms with E-state index in [-0.39, 0.29) is 5.91 Å². The average molecular weight is 329 g/mol. The van der Waals surface area contributed by atoms with Gasteiger partial charge in [0, 0.05) is 36.3 Å². The molecule has 0 radical (unpaired) electrons. The Balaban J connectivity index is 1.54. The summed E-state index contributed by atoms with van der Waals surface area (Å²) in [5.41, 5.74) is 4.18. The number of halogens is 1. The molecule has 1 aliphatic heterocycles. The van der Waals surface area contributed by atoms with Crippen molar-refractivity contribution in [1.82, 2.24) is 15.1 Å². The van der Waals surface area contributed by atoms with Crippen molar-refractivity contribution >= 4 is 5.91 Å². The van der Waals surface area contributed by atoms with Crippen molar-refractivity contribution in [3.63, 3.8) is 0 Å². The molecule has 4 rings (SSSR count). The lowest BCUT2D eigenvalue weighted by Gasteiger charge is -2.20. The van der Waals surface area contributed by atoms with E-state index in [1.165, 1.54) is 0 Å². The number of rotatable bonds is 3. The molecule has 1 aliphatic carbocycles. The van der Waals surface area contributed by atoms with E-state index in [9.17, 15) is 9.18 Å². The molecule has 1 aromatic carbocycles. The largest absolute Gasteiger partial charge is 0.497 e. The number of alkyl halides is 1. The van der Waals surface area contributed by atoms with Gasteiger partial charge in [0.2, 0.25) is 5.91 Å². The lowest BCUT2D eigenvalue weighted by molar-refractivity contribution is -0.132. The van der Waals surface area contributed by atoms with Gasteiger partial charge in [-0.1, -0.05) is 0 Å². The summed E-state index contributed by atoms with van der Waals surface area (Å²) in [7, 11) is 1.64. The van der Waals surface area contributed by atoms with Crippen LogP contribution in [0, 0.1) is 5.92 Å². The Hall–Kier alpha value is -2.37. The monoisotopic (exact) mass is 329 g/mol. The molecule has 2 aliphatic rings. The summed E-state index contributed by atoms with van der Waals surface area (Å²) < 4.78 is 18.4. The van der Waals surface area contributed by atoms with Gasteiger partial charge in [0.25, 0.3) is 0 Å². The smallest absolute Gasteiger partial charge is 0.228 e. The molecule has 0 unspecified atom stereocenters. The van der Waals surface area contributed by atoms with Crippen LogP contribution in [0.1, 0.15) is 17.7 Å². The number of amides is 1. The SMILES string of the molecule is COc1ccc(-c2n[nH]c3c2CCN(C(=O)[C@@H]2C[C@H]2F)CC3)cc1. The molecule has 2 aromatic rings. The van der Waals surface area contributed by atoms with E-state index in [2.05, 4.69) is 10.2 Å². The van der Waals surface area contributed by atoms with Crippen LogP contribution in [-0.4, -0.2) is 47.4 Å². The highest BCUT2D eigenvalue weighted by Crippen LogP contribution is 2.36. The van der Waals surface area contributed by atoms with Crippen LogP contribution in [0.3, 0.4) is 0 Å². The van der Waals surface area contributed by atoms with Crippen molar-refractivity contribution in [3.8, 4) is 17.0 Å². The molecule has 24 heavy (non-hydrogen) atoms. The molecular formula is C18H20FN3O2. The maximum Gasteiger partial charge on any atom is 0.228 e. The Bertz CT molecular complexity index is 756. The van der Waals surface area contributed by atoms with Crippen LogP contribution in [0.25, 0.3) is 11.3 Å². The van der Waals surface area contributed by atoms with Gasteiger partial charge in [-0.2, -0.15) is 5.10 Å². The zero-order valence-electron chi connectivity index (χ0n) is 13.6. The number of carbonyl (C=O) groups is 1. The number of aromatic nitrogens is 2. The highest BCUT2D eigenvalue weighted by Gasteiger charge is 2.45. The van der Waals surface area contributed by atoms with Crippen molar-refractivity contribution in [2.24, 2.45) is 5.92 Å². The Morgan fingerprint density at radius 2 is 2.00 bits per heavy atom. The van der Waals surface area contributed by atoms with E-state index >= 15 is 0 Å². The van der Waals surface area contributed by atoms with Crippen LogP contribution in [0.2, 0.25) is 0 Å². The molecule has 0 saturated heterocycles. The second kappa shape index (κ2) is 5.92. The fourth-order valence-corrected chi connectivity index (χ4v) is 3.34. The standard InChI is InChI=1S/C18H20FN3O2/c1-24-12-4-2-11(3-5-12)17-13-6-8-22(9-7-16(13)20-21-17)18(23)14-10-15(14)19/h2-5,14-15H,6-10H2,1H3,(H,20,21)/t14-,15-/m1/s1. The number of ether oxygens (including phenoxy) is 1. The minimum atomic E-state index is -0.935. The predicted molar refractivity (Wildman–Crippen MR) is 87.6 cm³/mol. The molecule has 0 spiro atoms. The quantitative estimate of drug-likeness (QED) is 0.940. The summed E-state index contributed by atoms with van der Waals surface area (Å²) in [6.45, 7) is 1.25. The van der Waals surface area contributed by atoms with Crippen LogP contribution in [0.5, 0.6) is 5.75 Å². The van der Waals surface area contributed by atoms with Gasteiger partial charge >= 0.3 is 0 Å². The molecule has 5 nitrogen and oxygen atoms in total. The molecule has 1 fully saturated rings. The number of fused-ring (bicyclic) bond motifs is 1. The van der Waals surface area contributed by atoms with Crippen molar-refractivity contribution in [2.45, 2.75) is 25.4 Å². The van der Waals surface area contributed by atoms with Gasteiger partial charge in [0.15, 0.2) is 0 Å². The number of H-pyrrole nitrogens is 1. The van der Waals surface area contributed by atoms with Gasteiger partial charge in [0.05, 0.1) is 18.7 Å². The minimum absolute atomic E-state index is 0.0355. The zero-order valence-corrected chi connectivity index (χ0v) is 13.6. The molecule has 2 atom stereocenters. The molecule has 2 heterocycles. The van der Waals surface area contributed by atoms with E-state index in [1.807, 2.05) is 24.3 Å². The van der Waals surface area contributed by atoms with E-state index < -0.39 is 12.1 Å². The fourth-order valence-electron chi connectivity index (χ4n) is 3.34. The van der Waals surface area contributed by atoms with Crippen molar-refractivity contribution < 1.29 is 13.9 Å². The second-order valence-electron chi connectivity index (χ2n) is 6.44. The summed E-state index contributed by atoms with van der Waals surface area (Å²) in [6, 6.07) is 7.80. The summed E-state index contributed by atoms with van der Waals surface area (Å²) in [5, 5.41) is 7.58. The topological polar surface area (TPSA) is 58.2 Å². The summed E-state index contributed by atoms with van der Waals surface area (Å²) >= 11 is 0. The Morgan fingerprint density at radius 1 is 1.29 bits per heavy atom. The maximum absolute atomic E-state index is 13.2. The fraction of sp³-hybridized carbons (Fsp3) is 0.444. The van der Waals surface area contributed by atoms with E-state index in [1.54, 1.807) is 12.0 Å². The van der Waals surface area contributed by atoms with Crippen LogP contribution < -0.4 is 4.74 Å². The molecule has 1 saturated carbocycles. The second-order valence-corrected chi connectivity index (χ2v) is 6.44. The normalized spacial score (nSPS) is 22.7. The van der Waals surface area contributed by atoms with Gasteiger partial charge in [-0.05, 0) is 37.1 Å². The molecule has 1 N–H and O–H groups in total. The molecule has 0 bridgehead atoms. The lowest BCUT2D eigenvalue weighted by Crippen LogP contribution is -2.35. The number of aromatic amines is 1. The van der Waals surface area contributed by atoms with Gasteiger partial charge in [-0.3, -0.25) is 9.89 Å². The molecule has 6 heteroatoms. The number of hydrogen-bond acceptors (Lipinski definition) is 3. The number of benzene rings is 1. The molecule has 1 aromatic heterocycles. The highest BCUT2D eigenvalue weighted by molar-refractivity contribution is 5.82. The Kier molecular flexibility index (Phi) is 3.75. The third kappa shape index (κ3) is 2.66. The average Bonchev–Trinajstić information content (AvgIpc) is 3.27. The summed E-state index contributed by atoms with van der Waals surface area (Å²) in [4.78, 5) is 14.1. The van der Waals surface area contributed by atoms with Gasteiger partial charge < -0.3 is 9.64 Å². The predicted octanol–water partition coefficient (Wildman–Crippen LogP) is 2.37. The molecular weight excluding hydrogens is 309 g/mol. The minimum Gasteiger partial charge on any atom is -0.497 e. The van der Waals surface area contributed by atoms with Gasteiger partial charge in [0.1, 0.15) is 11.9 Å². The zero-order chi connectivity index (χ0) is 16.7. The maximum atomic E-state index is 13.2. The number of carbonyl (C=O) groups excluding carboxylic acids is 1. The van der Waals surface area contributed by atoms with E-state index in [4.69, 9.17) is 4.74 Å². The Labute approximate surface area is 139 Å². The van der Waals surface area contributed by atoms with Crippen molar-refractivity contribution in [1.29, 1.82) is 0 Å². The van der Waals surface area contributed by atoms with Gasteiger partial charge in [-0.25, -0.2) is 4.39 Å². The van der Waals surface area contributed by atoms with Gasteiger partial charge in [-0.15, -0.1) is 0 Å². The first-order chi connectivity index (χ1) is 11.7. The first kappa shape index (κ1) is 15.2. The first-order valence-corrected chi connectivity index (χ1v) is 8.30. The van der Waals surface area contributed by atoms with Crippen LogP contribution in [0.4, 0.5) is 4.39 Å². The number of nitrogens with one attached hydrogen (secondary N) is 1. The summed E-state index contributed by atoms with van der Waals surface area (Å²) in [6.07, 6.45) is 0.922. The van der Waals surface area contributed by atoms with E-state index in [0.29, 0.717) is 19.5 Å². The summed E-state index contributed by atoms with van der Waals surface area (Å²) in [5.74, 6) is 0.370. The molecule has 126 valence electrons. The Morgan fingerprint density at radius 3 is 2.67 bits per heavy atom. The van der Waals surface area contributed by atoms with Crippen LogP contribution >= 0.6 is 0 Å². The number of nitrogens with zero attached hydrogens (tertiary/aromatic N) is 2. The highest BCUT2D eigenvalue weighted by atomic mass is 19.1. The number of hydrogen-bond donors (Lipinski definition) is 1. The lowest BCUT2D eigenvalue weighted by atomic mass is 10.0. The van der Waals surface area contributed by atoms with Crippen LogP contribution in [-0.2, 0) is 17.6 Å². The number of methoxy groups -OCH3 is 1. The molecule has 1 amide bonds. The van der Waals surface area contributed by atoms with Crippen molar-refractivity contribution in [3.05, 3.63) is 35.5 Å². The third-order valence-corrected chi connectivity index (χ3v) is 4.92. The van der Waals surface area contributed by atoms with Crippen molar-refractivity contribution in [2.75, 3.05) is 20.2 Å². The van der Waals surface area contributed by atoms with Crippen LogP contribution in [0.15, 0.2) is 24.3 Å². The van der Waals surface area contributed by atoms with E-state index in [0.717, 1.165) is 41.1 Å². The first-order valence-electron chi connectivity index (χ1n) is 8.30. The third-order valence-electron chi connectivity index (χ3n) is 4.92.